The summed E-state index contributed by atoms with van der Waals surface area (Å²) in [6.07, 6.45) is 0.926. The molecule has 2 aromatic carbocycles. The number of hydrogen-bond donors (Lipinski definition) is 1. The zero-order chi connectivity index (χ0) is 15.0. The first kappa shape index (κ1) is 14.6. The number of carbonyl (C=O) groups excluding carboxylic acids is 1. The zero-order valence-electron chi connectivity index (χ0n) is 11.6. The minimum absolute atomic E-state index is 0.00649. The number of nitrogens with one attached hydrogen (secondary N) is 1. The van der Waals surface area contributed by atoms with Crippen LogP contribution in [0.25, 0.3) is 0 Å². The van der Waals surface area contributed by atoms with E-state index >= 15 is 0 Å². The smallest absolute Gasteiger partial charge is 0.251 e. The van der Waals surface area contributed by atoms with Crippen LogP contribution in [0, 0.1) is 6.92 Å². The van der Waals surface area contributed by atoms with Crippen LogP contribution in [0.5, 0.6) is 0 Å². The summed E-state index contributed by atoms with van der Waals surface area (Å²) in [5.74, 6) is -0.0910. The van der Waals surface area contributed by atoms with Gasteiger partial charge in [-0.15, -0.1) is 0 Å². The molecule has 0 fully saturated rings. The molecule has 108 valence electrons. The molecule has 1 amide bonds. The summed E-state index contributed by atoms with van der Waals surface area (Å²) in [5, 5.41) is 3.70. The molecule has 2 atom stereocenters. The van der Waals surface area contributed by atoms with Gasteiger partial charge in [0.2, 0.25) is 0 Å². The molecule has 0 spiro atoms. The van der Waals surface area contributed by atoms with Crippen molar-refractivity contribution in [3.05, 3.63) is 69.7 Å². The molecule has 2 nitrogen and oxygen atoms in total. The van der Waals surface area contributed by atoms with Crippen molar-refractivity contribution in [3.63, 3.8) is 0 Å². The van der Waals surface area contributed by atoms with E-state index in [2.05, 4.69) is 33.4 Å². The number of alkyl halides is 1. The molecular weight excluding hydrogens is 350 g/mol. The number of halogens is 2. The maximum Gasteiger partial charge on any atom is 0.251 e. The van der Waals surface area contributed by atoms with Crippen LogP contribution in [0.4, 0.5) is 0 Å². The molecule has 2 aromatic rings. The third-order valence-electron chi connectivity index (χ3n) is 3.76. The van der Waals surface area contributed by atoms with Gasteiger partial charge in [0.1, 0.15) is 0 Å². The Kier molecular flexibility index (Phi) is 4.05. The van der Waals surface area contributed by atoms with Gasteiger partial charge in [0, 0.05) is 15.4 Å². The molecule has 0 aromatic heterocycles. The number of carbonyl (C=O) groups is 1. The van der Waals surface area contributed by atoms with E-state index in [1.54, 1.807) is 6.07 Å². The maximum atomic E-state index is 12.5. The molecule has 1 N–H and O–H groups in total. The van der Waals surface area contributed by atoms with Crippen LogP contribution in [0.2, 0.25) is 5.02 Å². The molecule has 3 rings (SSSR count). The minimum atomic E-state index is -0.0910. The van der Waals surface area contributed by atoms with E-state index in [9.17, 15) is 4.79 Å². The van der Waals surface area contributed by atoms with Gasteiger partial charge < -0.3 is 5.32 Å². The number of fused-ring (bicyclic) bond motifs is 1. The van der Waals surface area contributed by atoms with E-state index in [-0.39, 0.29) is 16.8 Å². The summed E-state index contributed by atoms with van der Waals surface area (Å²) < 4.78 is 0. The normalized spacial score (nSPS) is 20.1. The highest BCUT2D eigenvalue weighted by Gasteiger charge is 2.31. The van der Waals surface area contributed by atoms with Gasteiger partial charge in [-0.1, -0.05) is 51.8 Å². The van der Waals surface area contributed by atoms with E-state index in [0.29, 0.717) is 10.6 Å². The van der Waals surface area contributed by atoms with Crippen LogP contribution < -0.4 is 5.32 Å². The van der Waals surface area contributed by atoms with Gasteiger partial charge in [-0.05, 0) is 48.2 Å². The average Bonchev–Trinajstić information content (AvgIpc) is 2.74. The van der Waals surface area contributed by atoms with Crippen molar-refractivity contribution in [2.45, 2.75) is 24.2 Å². The molecule has 1 aliphatic carbocycles. The Bertz CT molecular complexity index is 681. The second kappa shape index (κ2) is 5.82. The second-order valence-electron chi connectivity index (χ2n) is 5.39. The van der Waals surface area contributed by atoms with Gasteiger partial charge >= 0.3 is 0 Å². The molecule has 21 heavy (non-hydrogen) atoms. The quantitative estimate of drug-likeness (QED) is 0.784. The van der Waals surface area contributed by atoms with Crippen LogP contribution in [-0.2, 0) is 6.42 Å². The molecule has 0 bridgehead atoms. The fraction of sp³-hybridized carbons (Fsp3) is 0.235. The highest BCUT2D eigenvalue weighted by Crippen LogP contribution is 2.35. The zero-order valence-corrected chi connectivity index (χ0v) is 13.9. The van der Waals surface area contributed by atoms with Crippen LogP contribution in [0.1, 0.15) is 33.1 Å². The molecule has 0 saturated carbocycles. The van der Waals surface area contributed by atoms with Crippen molar-refractivity contribution in [2.24, 2.45) is 0 Å². The summed E-state index contributed by atoms with van der Waals surface area (Å²) in [7, 11) is 0. The molecule has 0 radical (unpaired) electrons. The van der Waals surface area contributed by atoms with Crippen LogP contribution in [-0.4, -0.2) is 10.7 Å². The number of amides is 1. The highest BCUT2D eigenvalue weighted by molar-refractivity contribution is 9.09. The first-order valence-electron chi connectivity index (χ1n) is 6.84. The van der Waals surface area contributed by atoms with E-state index in [1.807, 2.05) is 31.2 Å². The topological polar surface area (TPSA) is 29.1 Å². The summed E-state index contributed by atoms with van der Waals surface area (Å²) in [4.78, 5) is 12.7. The number of hydrogen-bond acceptors (Lipinski definition) is 1. The van der Waals surface area contributed by atoms with E-state index in [0.717, 1.165) is 12.0 Å². The molecule has 2 unspecified atom stereocenters. The van der Waals surface area contributed by atoms with Crippen LogP contribution in [0.3, 0.4) is 0 Å². The van der Waals surface area contributed by atoms with E-state index < -0.39 is 0 Å². The second-order valence-corrected chi connectivity index (χ2v) is 7.00. The Morgan fingerprint density at radius 1 is 1.29 bits per heavy atom. The van der Waals surface area contributed by atoms with Gasteiger partial charge in [-0.25, -0.2) is 0 Å². The molecule has 1 aliphatic rings. The average molecular weight is 365 g/mol. The lowest BCUT2D eigenvalue weighted by molar-refractivity contribution is 0.0938. The predicted octanol–water partition coefficient (Wildman–Crippen LogP) is 4.44. The Balaban J connectivity index is 1.85. The summed E-state index contributed by atoms with van der Waals surface area (Å²) in [6, 6.07) is 13.6. The molecule has 4 heteroatoms. The lowest BCUT2D eigenvalue weighted by Crippen LogP contribution is -2.31. The van der Waals surface area contributed by atoms with Crippen LogP contribution >= 0.6 is 27.5 Å². The lowest BCUT2D eigenvalue weighted by atomic mass is 10.1. The van der Waals surface area contributed by atoms with E-state index in [4.69, 9.17) is 11.6 Å². The largest absolute Gasteiger partial charge is 0.344 e. The van der Waals surface area contributed by atoms with Crippen molar-refractivity contribution in [2.75, 3.05) is 0 Å². The number of rotatable bonds is 2. The predicted molar refractivity (Wildman–Crippen MR) is 89.3 cm³/mol. The number of benzene rings is 2. The van der Waals surface area contributed by atoms with Gasteiger partial charge in [-0.3, -0.25) is 4.79 Å². The Morgan fingerprint density at radius 3 is 2.81 bits per heavy atom. The monoisotopic (exact) mass is 363 g/mol. The summed E-state index contributed by atoms with van der Waals surface area (Å²) in [5.41, 5.74) is 4.05. The Hall–Kier alpha value is -1.32. The summed E-state index contributed by atoms with van der Waals surface area (Å²) in [6.45, 7) is 1.93. The standard InChI is InChI=1S/C17H15BrClNO/c1-10-6-12(8-13(19)7-10)17(21)20-16-14-5-3-2-4-11(14)9-15(16)18/h2-8,15-16H,9H2,1H3,(H,20,21). The maximum absolute atomic E-state index is 12.5. The molecular formula is C17H15BrClNO. The third kappa shape index (κ3) is 2.99. The Labute approximate surface area is 137 Å². The van der Waals surface area contributed by atoms with Crippen molar-refractivity contribution in [3.8, 4) is 0 Å². The lowest BCUT2D eigenvalue weighted by Gasteiger charge is -2.18. The van der Waals surface area contributed by atoms with E-state index in [1.165, 1.54) is 11.1 Å². The highest BCUT2D eigenvalue weighted by atomic mass is 79.9. The summed E-state index contributed by atoms with van der Waals surface area (Å²) >= 11 is 9.71. The van der Waals surface area contributed by atoms with Crippen molar-refractivity contribution < 1.29 is 4.79 Å². The van der Waals surface area contributed by atoms with Crippen LogP contribution in [0.15, 0.2) is 42.5 Å². The van der Waals surface area contributed by atoms with Gasteiger partial charge in [0.05, 0.1) is 6.04 Å². The fourth-order valence-electron chi connectivity index (χ4n) is 2.81. The molecule has 0 aliphatic heterocycles. The first-order chi connectivity index (χ1) is 10.0. The Morgan fingerprint density at radius 2 is 2.05 bits per heavy atom. The van der Waals surface area contributed by atoms with Crippen molar-refractivity contribution in [1.29, 1.82) is 0 Å². The molecule has 0 heterocycles. The third-order valence-corrected chi connectivity index (χ3v) is 4.83. The fourth-order valence-corrected chi connectivity index (χ4v) is 3.86. The van der Waals surface area contributed by atoms with Gasteiger partial charge in [0.25, 0.3) is 5.91 Å². The van der Waals surface area contributed by atoms with Gasteiger partial charge in [-0.2, -0.15) is 0 Å². The SMILES string of the molecule is Cc1cc(Cl)cc(C(=O)NC2c3ccccc3CC2Br)c1. The first-order valence-corrected chi connectivity index (χ1v) is 8.14. The van der Waals surface area contributed by atoms with Crippen molar-refractivity contribution in [1.82, 2.24) is 5.32 Å². The molecule has 0 saturated heterocycles. The van der Waals surface area contributed by atoms with Crippen molar-refractivity contribution >= 4 is 33.4 Å². The minimum Gasteiger partial charge on any atom is -0.344 e. The van der Waals surface area contributed by atoms with Gasteiger partial charge in [0.15, 0.2) is 0 Å². The number of aryl methyl sites for hydroxylation is 1.